The van der Waals surface area contributed by atoms with Crippen LogP contribution in [0.4, 0.5) is 4.79 Å². The summed E-state index contributed by atoms with van der Waals surface area (Å²) in [6.45, 7) is 7.53. The highest BCUT2D eigenvalue weighted by molar-refractivity contribution is 7.99. The summed E-state index contributed by atoms with van der Waals surface area (Å²) >= 11 is 1.56. The van der Waals surface area contributed by atoms with Gasteiger partial charge in [-0.05, 0) is 27.2 Å². The molecule has 1 fully saturated rings. The quantitative estimate of drug-likeness (QED) is 0.837. The van der Waals surface area contributed by atoms with E-state index in [0.717, 1.165) is 5.75 Å². The molecule has 0 aromatic heterocycles. The summed E-state index contributed by atoms with van der Waals surface area (Å²) in [4.78, 5) is 25.0. The fourth-order valence-electron chi connectivity index (χ4n) is 1.89. The monoisotopic (exact) mass is 275 g/mol. The number of aliphatic carboxylic acids is 1. The molecule has 0 aromatic carbocycles. The zero-order valence-electron chi connectivity index (χ0n) is 11.4. The van der Waals surface area contributed by atoms with Crippen LogP contribution >= 0.6 is 11.8 Å². The molecule has 104 valence electrons. The van der Waals surface area contributed by atoms with Gasteiger partial charge in [0.25, 0.3) is 0 Å². The minimum absolute atomic E-state index is 0.384. The number of carbonyl (C=O) groups is 2. The lowest BCUT2D eigenvalue weighted by Gasteiger charge is -2.43. The van der Waals surface area contributed by atoms with Gasteiger partial charge in [0.05, 0.1) is 0 Å². The number of carboxylic acids is 1. The number of nitrogens with zero attached hydrogens (tertiary/aromatic N) is 1. The lowest BCUT2D eigenvalue weighted by atomic mass is 9.96. The molecule has 18 heavy (non-hydrogen) atoms. The standard InChI is InChI=1S/C12H21NO4S/c1-5-12(9(14)15)8-18-7-6-13(12)10(16)17-11(2,3)4/h5-8H2,1-4H3,(H,14,15). The lowest BCUT2D eigenvalue weighted by Crippen LogP contribution is -2.62. The number of hydrogen-bond acceptors (Lipinski definition) is 4. The van der Waals surface area contributed by atoms with Gasteiger partial charge in [-0.25, -0.2) is 9.59 Å². The molecule has 1 amide bonds. The van der Waals surface area contributed by atoms with Crippen LogP contribution in [0.1, 0.15) is 34.1 Å². The maximum atomic E-state index is 12.1. The SMILES string of the molecule is CCC1(C(=O)O)CSCCN1C(=O)OC(C)(C)C. The average molecular weight is 275 g/mol. The van der Waals surface area contributed by atoms with E-state index in [4.69, 9.17) is 4.74 Å². The molecule has 1 saturated heterocycles. The predicted octanol–water partition coefficient (Wildman–Crippen LogP) is 2.20. The highest BCUT2D eigenvalue weighted by Crippen LogP contribution is 2.31. The van der Waals surface area contributed by atoms with E-state index in [-0.39, 0.29) is 0 Å². The Morgan fingerprint density at radius 2 is 2.06 bits per heavy atom. The van der Waals surface area contributed by atoms with Crippen LogP contribution in [0.25, 0.3) is 0 Å². The number of rotatable bonds is 2. The fourth-order valence-corrected chi connectivity index (χ4v) is 3.17. The maximum absolute atomic E-state index is 12.1. The first-order valence-corrected chi connectivity index (χ1v) is 7.20. The number of carboxylic acid groups (broad SMARTS) is 1. The van der Waals surface area contributed by atoms with Gasteiger partial charge in [-0.3, -0.25) is 4.90 Å². The average Bonchev–Trinajstić information content (AvgIpc) is 2.26. The fraction of sp³-hybridized carbons (Fsp3) is 0.833. The Balaban J connectivity index is 2.95. The third-order valence-electron chi connectivity index (χ3n) is 2.91. The summed E-state index contributed by atoms with van der Waals surface area (Å²) in [5.74, 6) is 0.204. The molecule has 1 N–H and O–H groups in total. The summed E-state index contributed by atoms with van der Waals surface area (Å²) in [5.41, 5.74) is -1.75. The minimum atomic E-state index is -1.13. The van der Waals surface area contributed by atoms with Gasteiger partial charge in [-0.15, -0.1) is 0 Å². The van der Waals surface area contributed by atoms with Crippen molar-refractivity contribution in [1.29, 1.82) is 0 Å². The molecule has 0 bridgehead atoms. The van der Waals surface area contributed by atoms with E-state index in [1.54, 1.807) is 39.5 Å². The number of carbonyl (C=O) groups excluding carboxylic acids is 1. The molecular weight excluding hydrogens is 254 g/mol. The Kier molecular flexibility index (Phi) is 4.53. The topological polar surface area (TPSA) is 66.8 Å². The van der Waals surface area contributed by atoms with Crippen LogP contribution in [-0.2, 0) is 9.53 Å². The summed E-state index contributed by atoms with van der Waals surface area (Å²) in [6.07, 6.45) is -0.152. The second kappa shape index (κ2) is 5.38. The van der Waals surface area contributed by atoms with Crippen molar-refractivity contribution in [1.82, 2.24) is 4.90 Å². The van der Waals surface area contributed by atoms with E-state index in [0.29, 0.717) is 18.7 Å². The molecule has 1 heterocycles. The van der Waals surface area contributed by atoms with Gasteiger partial charge in [0.15, 0.2) is 5.54 Å². The van der Waals surface area contributed by atoms with Gasteiger partial charge in [0.1, 0.15) is 5.60 Å². The first kappa shape index (κ1) is 15.1. The molecule has 0 aromatic rings. The number of hydrogen-bond donors (Lipinski definition) is 1. The van der Waals surface area contributed by atoms with Crippen LogP contribution < -0.4 is 0 Å². The van der Waals surface area contributed by atoms with Crippen molar-refractivity contribution in [3.63, 3.8) is 0 Å². The second-order valence-electron chi connectivity index (χ2n) is 5.37. The van der Waals surface area contributed by atoms with Gasteiger partial charge >= 0.3 is 12.1 Å². The first-order chi connectivity index (χ1) is 8.23. The van der Waals surface area contributed by atoms with E-state index < -0.39 is 23.2 Å². The Labute approximate surface area is 112 Å². The maximum Gasteiger partial charge on any atom is 0.411 e. The van der Waals surface area contributed by atoms with Crippen LogP contribution in [0.2, 0.25) is 0 Å². The van der Waals surface area contributed by atoms with Gasteiger partial charge in [-0.1, -0.05) is 6.92 Å². The smallest absolute Gasteiger partial charge is 0.411 e. The molecule has 6 heteroatoms. The Morgan fingerprint density at radius 1 is 1.44 bits per heavy atom. The van der Waals surface area contributed by atoms with Crippen molar-refractivity contribution in [2.24, 2.45) is 0 Å². The van der Waals surface area contributed by atoms with Gasteiger partial charge in [0, 0.05) is 18.1 Å². The summed E-state index contributed by atoms with van der Waals surface area (Å²) in [5, 5.41) is 9.44. The van der Waals surface area contributed by atoms with Crippen LogP contribution in [0.3, 0.4) is 0 Å². The van der Waals surface area contributed by atoms with E-state index >= 15 is 0 Å². The summed E-state index contributed by atoms with van der Waals surface area (Å²) in [7, 11) is 0. The Hall–Kier alpha value is -0.910. The van der Waals surface area contributed by atoms with Gasteiger partial charge in [0.2, 0.25) is 0 Å². The third-order valence-corrected chi connectivity index (χ3v) is 4.07. The molecule has 1 aliphatic heterocycles. The van der Waals surface area contributed by atoms with E-state index in [1.807, 2.05) is 0 Å². The van der Waals surface area contributed by atoms with Crippen LogP contribution in [-0.4, -0.2) is 51.3 Å². The van der Waals surface area contributed by atoms with Crippen LogP contribution in [0.5, 0.6) is 0 Å². The van der Waals surface area contributed by atoms with Gasteiger partial charge < -0.3 is 9.84 Å². The molecule has 1 unspecified atom stereocenters. The largest absolute Gasteiger partial charge is 0.479 e. The number of thioether (sulfide) groups is 1. The first-order valence-electron chi connectivity index (χ1n) is 6.05. The van der Waals surface area contributed by atoms with Crippen molar-refractivity contribution < 1.29 is 19.4 Å². The highest BCUT2D eigenvalue weighted by atomic mass is 32.2. The molecule has 1 atom stereocenters. The van der Waals surface area contributed by atoms with E-state index in [9.17, 15) is 14.7 Å². The summed E-state index contributed by atoms with van der Waals surface area (Å²) < 4.78 is 5.30. The zero-order valence-corrected chi connectivity index (χ0v) is 12.2. The molecule has 1 aliphatic rings. The predicted molar refractivity (Wildman–Crippen MR) is 70.9 cm³/mol. The van der Waals surface area contributed by atoms with E-state index in [2.05, 4.69) is 0 Å². The third kappa shape index (κ3) is 3.10. The Morgan fingerprint density at radius 3 is 2.50 bits per heavy atom. The lowest BCUT2D eigenvalue weighted by molar-refractivity contribution is -0.150. The van der Waals surface area contributed by atoms with Crippen molar-refractivity contribution in [2.45, 2.75) is 45.3 Å². The van der Waals surface area contributed by atoms with Crippen LogP contribution in [0, 0.1) is 0 Å². The highest BCUT2D eigenvalue weighted by Gasteiger charge is 2.48. The second-order valence-corrected chi connectivity index (χ2v) is 6.48. The van der Waals surface area contributed by atoms with Gasteiger partial charge in [-0.2, -0.15) is 11.8 Å². The summed E-state index contributed by atoms with van der Waals surface area (Å²) in [6, 6.07) is 0. The molecule has 0 radical (unpaired) electrons. The van der Waals surface area contributed by atoms with Crippen molar-refractivity contribution in [3.05, 3.63) is 0 Å². The molecule has 0 aliphatic carbocycles. The van der Waals surface area contributed by atoms with E-state index in [1.165, 1.54) is 4.90 Å². The molecule has 0 spiro atoms. The molecular formula is C12H21NO4S. The molecule has 5 nitrogen and oxygen atoms in total. The Bertz CT molecular complexity index is 339. The number of ether oxygens (including phenoxy) is 1. The molecule has 0 saturated carbocycles. The normalized spacial score (nSPS) is 24.8. The van der Waals surface area contributed by atoms with Crippen LogP contribution in [0.15, 0.2) is 0 Å². The van der Waals surface area contributed by atoms with Crippen molar-refractivity contribution >= 4 is 23.8 Å². The number of amides is 1. The van der Waals surface area contributed by atoms with Crippen molar-refractivity contribution in [3.8, 4) is 0 Å². The van der Waals surface area contributed by atoms with Crippen molar-refractivity contribution in [2.75, 3.05) is 18.1 Å². The zero-order chi connectivity index (χ0) is 14.0. The molecule has 1 rings (SSSR count). The minimum Gasteiger partial charge on any atom is -0.479 e.